The van der Waals surface area contributed by atoms with Crippen LogP contribution in [-0.4, -0.2) is 18.1 Å². The maximum atomic E-state index is 11.5. The number of nitrogens with zero attached hydrogens (tertiary/aromatic N) is 1. The summed E-state index contributed by atoms with van der Waals surface area (Å²) >= 11 is 0. The molecule has 4 heteroatoms. The van der Waals surface area contributed by atoms with E-state index in [1.165, 1.54) is 7.11 Å². The number of esters is 1. The normalized spacial score (nSPS) is 10.3. The number of rotatable bonds is 3. The highest BCUT2D eigenvalue weighted by molar-refractivity contribution is 5.94. The highest BCUT2D eigenvalue weighted by atomic mass is 16.5. The van der Waals surface area contributed by atoms with Gasteiger partial charge < -0.3 is 10.1 Å². The molecule has 0 aliphatic carbocycles. The number of carbonyl (C=O) groups excluding carboxylic acids is 1. The molecule has 0 amide bonds. The van der Waals surface area contributed by atoms with Gasteiger partial charge in [-0.3, -0.25) is 0 Å². The molecular weight excluding hydrogens is 264 g/mol. The lowest BCUT2D eigenvalue weighted by atomic mass is 10.1. The topological polar surface area (TPSA) is 51.2 Å². The Bertz CT molecular complexity index is 785. The number of carbonyl (C=O) groups is 1. The maximum Gasteiger partial charge on any atom is 0.356 e. The number of methoxy groups -OCH3 is 1. The van der Waals surface area contributed by atoms with Crippen molar-refractivity contribution in [3.8, 4) is 0 Å². The Morgan fingerprint density at radius 2 is 1.81 bits per heavy atom. The number of hydrogen-bond acceptors (Lipinski definition) is 4. The highest BCUT2D eigenvalue weighted by Crippen LogP contribution is 2.22. The van der Waals surface area contributed by atoms with E-state index in [2.05, 4.69) is 10.3 Å². The summed E-state index contributed by atoms with van der Waals surface area (Å²) in [5.74, 6) is -0.432. The van der Waals surface area contributed by atoms with Gasteiger partial charge in [0.1, 0.15) is 5.69 Å². The molecule has 0 bridgehead atoms. The molecule has 0 aliphatic rings. The molecule has 21 heavy (non-hydrogen) atoms. The van der Waals surface area contributed by atoms with Gasteiger partial charge in [0.25, 0.3) is 0 Å². The summed E-state index contributed by atoms with van der Waals surface area (Å²) in [6.07, 6.45) is 1.67. The largest absolute Gasteiger partial charge is 0.464 e. The van der Waals surface area contributed by atoms with Crippen molar-refractivity contribution >= 4 is 28.1 Å². The number of nitrogens with one attached hydrogen (secondary N) is 1. The van der Waals surface area contributed by atoms with Crippen molar-refractivity contribution in [3.05, 3.63) is 66.5 Å². The van der Waals surface area contributed by atoms with Crippen LogP contribution in [0.4, 0.5) is 11.4 Å². The Kier molecular flexibility index (Phi) is 3.51. The summed E-state index contributed by atoms with van der Waals surface area (Å²) in [7, 11) is 1.35. The summed E-state index contributed by atoms with van der Waals surface area (Å²) in [6.45, 7) is 0. The molecular formula is C17H14N2O2. The second-order valence-electron chi connectivity index (χ2n) is 4.61. The average molecular weight is 278 g/mol. The van der Waals surface area contributed by atoms with E-state index in [9.17, 15) is 4.79 Å². The van der Waals surface area contributed by atoms with Crippen LogP contribution in [0.5, 0.6) is 0 Å². The van der Waals surface area contributed by atoms with Gasteiger partial charge in [-0.1, -0.05) is 24.3 Å². The van der Waals surface area contributed by atoms with Gasteiger partial charge >= 0.3 is 5.97 Å². The van der Waals surface area contributed by atoms with E-state index >= 15 is 0 Å². The van der Waals surface area contributed by atoms with Crippen molar-refractivity contribution in [2.45, 2.75) is 0 Å². The predicted octanol–water partition coefficient (Wildman–Crippen LogP) is 3.77. The number of fused-ring (bicyclic) bond motifs is 1. The first-order valence-electron chi connectivity index (χ1n) is 6.56. The maximum absolute atomic E-state index is 11.5. The monoisotopic (exact) mass is 278 g/mol. The molecule has 0 spiro atoms. The van der Waals surface area contributed by atoms with Gasteiger partial charge in [-0.15, -0.1) is 0 Å². The van der Waals surface area contributed by atoms with Gasteiger partial charge in [0.2, 0.25) is 0 Å². The molecule has 2 aromatic carbocycles. The molecule has 0 fully saturated rings. The van der Waals surface area contributed by atoms with Crippen LogP contribution in [-0.2, 0) is 4.74 Å². The van der Waals surface area contributed by atoms with E-state index in [4.69, 9.17) is 4.74 Å². The van der Waals surface area contributed by atoms with Crippen molar-refractivity contribution < 1.29 is 9.53 Å². The molecule has 3 rings (SSSR count). The van der Waals surface area contributed by atoms with Gasteiger partial charge in [0, 0.05) is 23.0 Å². The minimum Gasteiger partial charge on any atom is -0.464 e. The van der Waals surface area contributed by atoms with Crippen LogP contribution >= 0.6 is 0 Å². The molecule has 0 unspecified atom stereocenters. The summed E-state index contributed by atoms with van der Waals surface area (Å²) in [4.78, 5) is 15.6. The Morgan fingerprint density at radius 3 is 2.57 bits per heavy atom. The molecule has 0 aliphatic heterocycles. The highest BCUT2D eigenvalue weighted by Gasteiger charge is 2.08. The molecule has 3 aromatic rings. The van der Waals surface area contributed by atoms with E-state index in [0.29, 0.717) is 5.69 Å². The lowest BCUT2D eigenvalue weighted by molar-refractivity contribution is 0.0594. The Labute approximate surface area is 122 Å². The zero-order chi connectivity index (χ0) is 14.7. The predicted molar refractivity (Wildman–Crippen MR) is 82.8 cm³/mol. The van der Waals surface area contributed by atoms with Crippen LogP contribution in [0.2, 0.25) is 0 Å². The molecule has 0 atom stereocenters. The lowest BCUT2D eigenvalue weighted by Crippen LogP contribution is -2.03. The van der Waals surface area contributed by atoms with Crippen LogP contribution < -0.4 is 5.32 Å². The van der Waals surface area contributed by atoms with Gasteiger partial charge in [0.05, 0.1) is 7.11 Å². The van der Waals surface area contributed by atoms with Crippen LogP contribution in [0.1, 0.15) is 10.5 Å². The smallest absolute Gasteiger partial charge is 0.356 e. The quantitative estimate of drug-likeness (QED) is 0.741. The molecule has 1 N–H and O–H groups in total. The number of pyridine rings is 1. The van der Waals surface area contributed by atoms with E-state index in [0.717, 1.165) is 22.1 Å². The number of benzene rings is 2. The van der Waals surface area contributed by atoms with E-state index in [1.807, 2.05) is 48.5 Å². The van der Waals surface area contributed by atoms with Crippen molar-refractivity contribution in [2.24, 2.45) is 0 Å². The van der Waals surface area contributed by atoms with E-state index in [-0.39, 0.29) is 0 Å². The van der Waals surface area contributed by atoms with Crippen LogP contribution in [0.3, 0.4) is 0 Å². The van der Waals surface area contributed by atoms with Gasteiger partial charge in [-0.05, 0) is 35.7 Å². The first-order chi connectivity index (χ1) is 10.3. The fraction of sp³-hybridized carbons (Fsp3) is 0.0588. The summed E-state index contributed by atoms with van der Waals surface area (Å²) < 4.78 is 4.69. The number of aromatic nitrogens is 1. The summed E-state index contributed by atoms with van der Waals surface area (Å²) in [6, 6.07) is 17.6. The molecule has 0 radical (unpaired) electrons. The van der Waals surface area contributed by atoms with E-state index in [1.54, 1.807) is 12.3 Å². The number of anilines is 2. The number of ether oxygens (including phenoxy) is 1. The van der Waals surface area contributed by atoms with E-state index < -0.39 is 5.97 Å². The summed E-state index contributed by atoms with van der Waals surface area (Å²) in [5.41, 5.74) is 2.27. The van der Waals surface area contributed by atoms with Crippen molar-refractivity contribution in [2.75, 3.05) is 12.4 Å². The zero-order valence-corrected chi connectivity index (χ0v) is 11.5. The third-order valence-corrected chi connectivity index (χ3v) is 3.18. The standard InChI is InChI=1S/C17H14N2O2/c1-21-17(20)16-10-13-9-15(8-7-12(13)11-18-16)19-14-5-3-2-4-6-14/h2-11,19H,1H3. The molecule has 1 aromatic heterocycles. The lowest BCUT2D eigenvalue weighted by Gasteiger charge is -2.08. The molecule has 0 saturated carbocycles. The Morgan fingerprint density at radius 1 is 1.00 bits per heavy atom. The molecule has 0 saturated heterocycles. The first-order valence-corrected chi connectivity index (χ1v) is 6.56. The second-order valence-corrected chi connectivity index (χ2v) is 4.61. The zero-order valence-electron chi connectivity index (χ0n) is 11.5. The number of hydrogen-bond donors (Lipinski definition) is 1. The third-order valence-electron chi connectivity index (χ3n) is 3.18. The van der Waals surface area contributed by atoms with Crippen molar-refractivity contribution in [3.63, 3.8) is 0 Å². The molecule has 104 valence electrons. The van der Waals surface area contributed by atoms with Crippen LogP contribution in [0, 0.1) is 0 Å². The average Bonchev–Trinajstić information content (AvgIpc) is 2.54. The van der Waals surface area contributed by atoms with Crippen LogP contribution in [0.15, 0.2) is 60.8 Å². The Balaban J connectivity index is 1.96. The second kappa shape index (κ2) is 5.63. The van der Waals surface area contributed by atoms with Gasteiger partial charge in [-0.25, -0.2) is 9.78 Å². The SMILES string of the molecule is COC(=O)c1cc2cc(Nc3ccccc3)ccc2cn1. The minimum atomic E-state index is -0.432. The van der Waals surface area contributed by atoms with Crippen molar-refractivity contribution in [1.82, 2.24) is 4.98 Å². The number of para-hydroxylation sites is 1. The molecule has 1 heterocycles. The first kappa shape index (κ1) is 13.1. The minimum absolute atomic E-state index is 0.307. The summed E-state index contributed by atoms with van der Waals surface area (Å²) in [5, 5.41) is 5.23. The Hall–Kier alpha value is -2.88. The van der Waals surface area contributed by atoms with Crippen molar-refractivity contribution in [1.29, 1.82) is 0 Å². The third kappa shape index (κ3) is 2.84. The fourth-order valence-corrected chi connectivity index (χ4v) is 2.12. The fourth-order valence-electron chi connectivity index (χ4n) is 2.12. The van der Waals surface area contributed by atoms with Crippen LogP contribution in [0.25, 0.3) is 10.8 Å². The molecule has 4 nitrogen and oxygen atoms in total. The van der Waals surface area contributed by atoms with Gasteiger partial charge in [-0.2, -0.15) is 0 Å². The van der Waals surface area contributed by atoms with Gasteiger partial charge in [0.15, 0.2) is 0 Å².